The average molecular weight is 333 g/mol. The number of amides is 1. The maximum atomic E-state index is 12.0. The molecule has 0 saturated heterocycles. The summed E-state index contributed by atoms with van der Waals surface area (Å²) in [6.07, 6.45) is 7.82. The third-order valence-electron chi connectivity index (χ3n) is 4.10. The number of carbonyl (C=O) groups excluding carboxylic acids is 1. The number of sulfonamides is 1. The molecule has 1 N–H and O–H groups in total. The highest BCUT2D eigenvalue weighted by atomic mass is 32.2. The minimum atomic E-state index is -3.27. The van der Waals surface area contributed by atoms with Gasteiger partial charge in [-0.15, -0.1) is 0 Å². The van der Waals surface area contributed by atoms with E-state index in [2.05, 4.69) is 5.32 Å². The fourth-order valence-corrected chi connectivity index (χ4v) is 4.06. The van der Waals surface area contributed by atoms with Gasteiger partial charge in [-0.25, -0.2) is 8.42 Å². The second kappa shape index (κ2) is 9.47. The highest BCUT2D eigenvalue weighted by Crippen LogP contribution is 2.23. The normalized spacial score (nSPS) is 17.7. The molecule has 130 valence electrons. The smallest absolute Gasteiger partial charge is 0.221 e. The molecule has 1 saturated carbocycles. The molecule has 0 bridgehead atoms. The molecule has 0 heterocycles. The lowest BCUT2D eigenvalue weighted by molar-refractivity contribution is -0.121. The van der Waals surface area contributed by atoms with Gasteiger partial charge >= 0.3 is 0 Å². The topological polar surface area (TPSA) is 69.7 Å². The van der Waals surface area contributed by atoms with Crippen molar-refractivity contribution in [1.82, 2.24) is 14.5 Å². The van der Waals surface area contributed by atoms with E-state index < -0.39 is 10.0 Å². The maximum absolute atomic E-state index is 12.0. The fraction of sp³-hybridized carbons (Fsp3) is 0.933. The van der Waals surface area contributed by atoms with E-state index in [1.165, 1.54) is 19.1 Å². The van der Waals surface area contributed by atoms with Crippen LogP contribution >= 0.6 is 0 Å². The zero-order valence-electron chi connectivity index (χ0n) is 14.2. The molecule has 0 radical (unpaired) electrons. The zero-order chi connectivity index (χ0) is 16.6. The van der Waals surface area contributed by atoms with Gasteiger partial charge in [0.2, 0.25) is 15.9 Å². The fourth-order valence-electron chi connectivity index (χ4n) is 2.88. The highest BCUT2D eigenvalue weighted by Gasteiger charge is 2.27. The first kappa shape index (κ1) is 19.4. The van der Waals surface area contributed by atoms with Crippen LogP contribution in [0, 0.1) is 0 Å². The zero-order valence-corrected chi connectivity index (χ0v) is 15.0. The first-order chi connectivity index (χ1) is 10.3. The van der Waals surface area contributed by atoms with Crippen molar-refractivity contribution in [2.75, 3.05) is 40.0 Å². The van der Waals surface area contributed by atoms with E-state index in [-0.39, 0.29) is 24.9 Å². The second-order valence-corrected chi connectivity index (χ2v) is 8.36. The molecule has 1 aliphatic rings. The van der Waals surface area contributed by atoms with Gasteiger partial charge in [-0.05, 0) is 26.9 Å². The monoisotopic (exact) mass is 333 g/mol. The van der Waals surface area contributed by atoms with E-state index in [0.717, 1.165) is 32.2 Å². The summed E-state index contributed by atoms with van der Waals surface area (Å²) in [4.78, 5) is 13.9. The Bertz CT molecular complexity index is 429. The van der Waals surface area contributed by atoms with Crippen LogP contribution in [0.5, 0.6) is 0 Å². The van der Waals surface area contributed by atoms with E-state index in [1.807, 2.05) is 19.0 Å². The SMILES string of the molecule is CN(C)CCNC(=O)CCN(C1CCCCCC1)S(C)(=O)=O. The minimum Gasteiger partial charge on any atom is -0.355 e. The van der Waals surface area contributed by atoms with Crippen molar-refractivity contribution < 1.29 is 13.2 Å². The molecule has 22 heavy (non-hydrogen) atoms. The van der Waals surface area contributed by atoms with Crippen LogP contribution in [0.15, 0.2) is 0 Å². The molecule has 0 aliphatic heterocycles. The average Bonchev–Trinajstić information content (AvgIpc) is 2.66. The van der Waals surface area contributed by atoms with E-state index in [9.17, 15) is 13.2 Å². The van der Waals surface area contributed by atoms with Gasteiger partial charge in [0.15, 0.2) is 0 Å². The van der Waals surface area contributed by atoms with Gasteiger partial charge in [0.1, 0.15) is 0 Å². The van der Waals surface area contributed by atoms with Gasteiger partial charge in [-0.2, -0.15) is 4.31 Å². The van der Waals surface area contributed by atoms with E-state index in [1.54, 1.807) is 4.31 Å². The van der Waals surface area contributed by atoms with E-state index >= 15 is 0 Å². The van der Waals surface area contributed by atoms with Crippen LogP contribution in [-0.4, -0.2) is 69.6 Å². The molecule has 0 unspecified atom stereocenters. The van der Waals surface area contributed by atoms with Crippen molar-refractivity contribution in [1.29, 1.82) is 0 Å². The molecule has 1 aliphatic carbocycles. The summed E-state index contributed by atoms with van der Waals surface area (Å²) in [6, 6.07) is 0.0621. The van der Waals surface area contributed by atoms with Crippen LogP contribution in [0.3, 0.4) is 0 Å². The lowest BCUT2D eigenvalue weighted by atomic mass is 10.1. The summed E-state index contributed by atoms with van der Waals surface area (Å²) >= 11 is 0. The van der Waals surface area contributed by atoms with Gasteiger partial charge in [-0.1, -0.05) is 25.7 Å². The molecule has 0 atom stereocenters. The Kier molecular flexibility index (Phi) is 8.35. The standard InChI is InChI=1S/C15H31N3O3S/c1-17(2)13-11-16-15(19)10-12-18(22(3,20)21)14-8-6-4-5-7-9-14/h14H,4-13H2,1-3H3,(H,16,19). The maximum Gasteiger partial charge on any atom is 0.221 e. The summed E-state index contributed by atoms with van der Waals surface area (Å²) in [5, 5.41) is 2.83. The molecule has 0 aromatic carbocycles. The lowest BCUT2D eigenvalue weighted by Gasteiger charge is -2.28. The Morgan fingerprint density at radius 2 is 1.68 bits per heavy atom. The summed E-state index contributed by atoms with van der Waals surface area (Å²) < 4.78 is 25.6. The lowest BCUT2D eigenvalue weighted by Crippen LogP contribution is -2.42. The van der Waals surface area contributed by atoms with Crippen molar-refractivity contribution >= 4 is 15.9 Å². The first-order valence-corrected chi connectivity index (χ1v) is 10.0. The largest absolute Gasteiger partial charge is 0.355 e. The molecular formula is C15H31N3O3S. The van der Waals surface area contributed by atoms with E-state index in [4.69, 9.17) is 0 Å². The highest BCUT2D eigenvalue weighted by molar-refractivity contribution is 7.88. The third-order valence-corrected chi connectivity index (χ3v) is 5.43. The van der Waals surface area contributed by atoms with Crippen LogP contribution in [0.1, 0.15) is 44.9 Å². The molecule has 1 amide bonds. The number of rotatable bonds is 8. The van der Waals surface area contributed by atoms with Crippen molar-refractivity contribution in [2.24, 2.45) is 0 Å². The van der Waals surface area contributed by atoms with Crippen LogP contribution in [0.25, 0.3) is 0 Å². The van der Waals surface area contributed by atoms with Crippen LogP contribution in [0.4, 0.5) is 0 Å². The number of hydrogen-bond donors (Lipinski definition) is 1. The van der Waals surface area contributed by atoms with Crippen molar-refractivity contribution in [3.8, 4) is 0 Å². The van der Waals surface area contributed by atoms with Crippen LogP contribution < -0.4 is 5.32 Å². The predicted octanol–water partition coefficient (Wildman–Crippen LogP) is 1.04. The van der Waals surface area contributed by atoms with Gasteiger partial charge in [-0.3, -0.25) is 4.79 Å². The molecular weight excluding hydrogens is 302 g/mol. The van der Waals surface area contributed by atoms with Crippen LogP contribution in [-0.2, 0) is 14.8 Å². The number of likely N-dealkylation sites (N-methyl/N-ethyl adjacent to an activating group) is 1. The summed E-state index contributed by atoms with van der Waals surface area (Å²) in [6.45, 7) is 1.66. The number of hydrogen-bond acceptors (Lipinski definition) is 4. The number of nitrogens with one attached hydrogen (secondary N) is 1. The van der Waals surface area contributed by atoms with Crippen molar-refractivity contribution in [3.63, 3.8) is 0 Å². The molecule has 1 rings (SSSR count). The molecule has 7 heteroatoms. The Hall–Kier alpha value is -0.660. The Labute approximate surface area is 135 Å². The Morgan fingerprint density at radius 1 is 1.09 bits per heavy atom. The summed E-state index contributed by atoms with van der Waals surface area (Å²) in [7, 11) is 0.631. The van der Waals surface area contributed by atoms with Gasteiger partial charge in [0, 0.05) is 32.1 Å². The Balaban J connectivity index is 2.50. The predicted molar refractivity (Wildman–Crippen MR) is 89.2 cm³/mol. The molecule has 1 fully saturated rings. The first-order valence-electron chi connectivity index (χ1n) is 8.19. The van der Waals surface area contributed by atoms with Gasteiger partial charge in [0.25, 0.3) is 0 Å². The Morgan fingerprint density at radius 3 is 2.18 bits per heavy atom. The third kappa shape index (κ3) is 7.56. The second-order valence-electron chi connectivity index (χ2n) is 6.42. The van der Waals surface area contributed by atoms with Crippen LogP contribution in [0.2, 0.25) is 0 Å². The van der Waals surface area contributed by atoms with E-state index in [0.29, 0.717) is 6.54 Å². The molecule has 0 spiro atoms. The quantitative estimate of drug-likeness (QED) is 0.674. The number of carbonyl (C=O) groups is 1. The molecule has 6 nitrogen and oxygen atoms in total. The van der Waals surface area contributed by atoms with Crippen molar-refractivity contribution in [3.05, 3.63) is 0 Å². The number of nitrogens with zero attached hydrogens (tertiary/aromatic N) is 2. The molecule has 0 aromatic rings. The summed E-state index contributed by atoms with van der Waals surface area (Å²) in [5.74, 6) is -0.0795. The summed E-state index contributed by atoms with van der Waals surface area (Å²) in [5.41, 5.74) is 0. The van der Waals surface area contributed by atoms with Gasteiger partial charge in [0.05, 0.1) is 6.26 Å². The molecule has 0 aromatic heterocycles. The minimum absolute atomic E-state index is 0.0621. The van der Waals surface area contributed by atoms with Crippen molar-refractivity contribution in [2.45, 2.75) is 51.0 Å². The van der Waals surface area contributed by atoms with Gasteiger partial charge < -0.3 is 10.2 Å².